The van der Waals surface area contributed by atoms with Gasteiger partial charge in [0, 0.05) is 19.3 Å². The minimum atomic E-state index is -0.180. The number of pyridine rings is 1. The molecule has 0 bridgehead atoms. The number of carbonyl (C=O) groups excluding carboxylic acids is 1. The molecule has 5 heteroatoms. The number of aliphatic hydroxyl groups is 1. The number of hydrogen-bond acceptors (Lipinski definition) is 3. The van der Waals surface area contributed by atoms with E-state index in [1.165, 1.54) is 6.20 Å². The Morgan fingerprint density at radius 1 is 1.53 bits per heavy atom. The topological polar surface area (TPSA) is 62.2 Å². The van der Waals surface area contributed by atoms with E-state index >= 15 is 0 Å². The Morgan fingerprint density at radius 3 is 2.76 bits per heavy atom. The predicted octanol–water partition coefficient (Wildman–Crippen LogP) is 1.87. The number of hydrogen-bond donors (Lipinski definition) is 2. The molecule has 0 radical (unpaired) electrons. The van der Waals surface area contributed by atoms with Gasteiger partial charge >= 0.3 is 0 Å². The fourth-order valence-corrected chi connectivity index (χ4v) is 1.43. The number of nitrogens with one attached hydrogen (secondary N) is 1. The van der Waals surface area contributed by atoms with Crippen LogP contribution < -0.4 is 5.32 Å². The Balaban J connectivity index is 2.53. The van der Waals surface area contributed by atoms with E-state index in [2.05, 4.69) is 10.3 Å². The first-order valence-corrected chi connectivity index (χ1v) is 5.83. The minimum Gasteiger partial charge on any atom is -0.396 e. The van der Waals surface area contributed by atoms with Gasteiger partial charge < -0.3 is 10.4 Å². The van der Waals surface area contributed by atoms with Crippen LogP contribution in [0.15, 0.2) is 18.3 Å². The lowest BCUT2D eigenvalue weighted by Crippen LogP contribution is -2.34. The van der Waals surface area contributed by atoms with E-state index in [-0.39, 0.29) is 17.9 Å². The second-order valence-electron chi connectivity index (χ2n) is 4.69. The lowest BCUT2D eigenvalue weighted by Gasteiger charge is -2.23. The normalized spacial score (nSPS) is 11.3. The van der Waals surface area contributed by atoms with Gasteiger partial charge in [-0.25, -0.2) is 4.98 Å². The number of amides is 1. The van der Waals surface area contributed by atoms with Crippen LogP contribution in [0.2, 0.25) is 5.15 Å². The Hall–Kier alpha value is -1.13. The van der Waals surface area contributed by atoms with Crippen LogP contribution in [-0.4, -0.2) is 29.1 Å². The van der Waals surface area contributed by atoms with Gasteiger partial charge in [0.1, 0.15) is 5.15 Å². The Labute approximate surface area is 106 Å². The van der Waals surface area contributed by atoms with E-state index in [1.807, 2.05) is 13.8 Å². The summed E-state index contributed by atoms with van der Waals surface area (Å²) in [6, 6.07) is 3.21. The van der Waals surface area contributed by atoms with Gasteiger partial charge in [-0.3, -0.25) is 4.79 Å². The molecule has 0 aliphatic carbocycles. The molecule has 1 aromatic rings. The average Bonchev–Trinajstić information content (AvgIpc) is 2.27. The standard InChI is InChI=1S/C12H17ClN2O2/c1-12(2,5-6-16)8-15-11(17)9-3-4-10(13)14-7-9/h3-4,7,16H,5-6,8H2,1-2H3,(H,15,17). The van der Waals surface area contributed by atoms with Crippen molar-refractivity contribution in [3.63, 3.8) is 0 Å². The van der Waals surface area contributed by atoms with Crippen LogP contribution >= 0.6 is 11.6 Å². The molecule has 0 saturated carbocycles. The summed E-state index contributed by atoms with van der Waals surface area (Å²) in [5.41, 5.74) is 0.360. The minimum absolute atomic E-state index is 0.116. The third-order valence-electron chi connectivity index (χ3n) is 2.51. The van der Waals surface area contributed by atoms with Gasteiger partial charge in [0.2, 0.25) is 0 Å². The van der Waals surface area contributed by atoms with Gasteiger partial charge in [-0.2, -0.15) is 0 Å². The number of rotatable bonds is 5. The lowest BCUT2D eigenvalue weighted by molar-refractivity contribution is 0.0928. The fourth-order valence-electron chi connectivity index (χ4n) is 1.32. The van der Waals surface area contributed by atoms with Crippen LogP contribution in [0.5, 0.6) is 0 Å². The number of aromatic nitrogens is 1. The van der Waals surface area contributed by atoms with Crippen LogP contribution in [0.25, 0.3) is 0 Å². The van der Waals surface area contributed by atoms with Crippen molar-refractivity contribution < 1.29 is 9.90 Å². The second-order valence-corrected chi connectivity index (χ2v) is 5.08. The van der Waals surface area contributed by atoms with Crippen molar-refractivity contribution in [2.45, 2.75) is 20.3 Å². The highest BCUT2D eigenvalue weighted by atomic mass is 35.5. The number of nitrogens with zero attached hydrogens (tertiary/aromatic N) is 1. The fraction of sp³-hybridized carbons (Fsp3) is 0.500. The van der Waals surface area contributed by atoms with Gasteiger partial charge in [-0.15, -0.1) is 0 Å². The molecule has 94 valence electrons. The Morgan fingerprint density at radius 2 is 2.24 bits per heavy atom. The first-order chi connectivity index (χ1) is 7.94. The molecule has 0 saturated heterocycles. The van der Waals surface area contributed by atoms with Gasteiger partial charge in [-0.05, 0) is 24.0 Å². The van der Waals surface area contributed by atoms with E-state index < -0.39 is 0 Å². The van der Waals surface area contributed by atoms with E-state index in [0.717, 1.165) is 0 Å². The molecule has 17 heavy (non-hydrogen) atoms. The Bertz CT molecular complexity index is 377. The molecule has 1 aromatic heterocycles. The molecule has 1 rings (SSSR count). The zero-order chi connectivity index (χ0) is 12.9. The zero-order valence-electron chi connectivity index (χ0n) is 10.0. The van der Waals surface area contributed by atoms with Crippen LogP contribution in [0.3, 0.4) is 0 Å². The zero-order valence-corrected chi connectivity index (χ0v) is 10.8. The second kappa shape index (κ2) is 5.98. The monoisotopic (exact) mass is 256 g/mol. The van der Waals surface area contributed by atoms with Crippen molar-refractivity contribution in [1.82, 2.24) is 10.3 Å². The Kier molecular flexibility index (Phi) is 4.90. The maximum Gasteiger partial charge on any atom is 0.252 e. The molecule has 0 aromatic carbocycles. The van der Waals surface area contributed by atoms with Gasteiger partial charge in [0.15, 0.2) is 0 Å². The van der Waals surface area contributed by atoms with Gasteiger partial charge in [0.25, 0.3) is 5.91 Å². The summed E-state index contributed by atoms with van der Waals surface area (Å²) in [4.78, 5) is 15.6. The molecule has 4 nitrogen and oxygen atoms in total. The van der Waals surface area contributed by atoms with E-state index in [1.54, 1.807) is 12.1 Å². The van der Waals surface area contributed by atoms with E-state index in [9.17, 15) is 4.79 Å². The molecule has 2 N–H and O–H groups in total. The number of halogens is 1. The smallest absolute Gasteiger partial charge is 0.252 e. The maximum atomic E-state index is 11.8. The van der Waals surface area contributed by atoms with Crippen molar-refractivity contribution >= 4 is 17.5 Å². The largest absolute Gasteiger partial charge is 0.396 e. The molecule has 0 aliphatic rings. The van der Waals surface area contributed by atoms with Crippen LogP contribution in [-0.2, 0) is 0 Å². The van der Waals surface area contributed by atoms with Crippen molar-refractivity contribution in [3.05, 3.63) is 29.0 Å². The summed E-state index contributed by atoms with van der Waals surface area (Å²) in [6.07, 6.45) is 2.09. The summed E-state index contributed by atoms with van der Waals surface area (Å²) >= 11 is 5.64. The molecule has 0 unspecified atom stereocenters. The predicted molar refractivity (Wildman–Crippen MR) is 67.1 cm³/mol. The third kappa shape index (κ3) is 4.71. The highest BCUT2D eigenvalue weighted by molar-refractivity contribution is 6.29. The molecule has 0 atom stereocenters. The summed E-state index contributed by atoms with van der Waals surface area (Å²) in [5.74, 6) is -0.180. The molecule has 0 aliphatic heterocycles. The average molecular weight is 257 g/mol. The number of carbonyl (C=O) groups is 1. The van der Waals surface area contributed by atoms with Crippen molar-refractivity contribution in [3.8, 4) is 0 Å². The third-order valence-corrected chi connectivity index (χ3v) is 2.73. The lowest BCUT2D eigenvalue weighted by atomic mass is 9.90. The van der Waals surface area contributed by atoms with Crippen molar-refractivity contribution in [1.29, 1.82) is 0 Å². The highest BCUT2D eigenvalue weighted by Gasteiger charge is 2.18. The van der Waals surface area contributed by atoms with Crippen molar-refractivity contribution in [2.24, 2.45) is 5.41 Å². The van der Waals surface area contributed by atoms with E-state index in [4.69, 9.17) is 16.7 Å². The summed E-state index contributed by atoms with van der Waals surface area (Å²) in [5, 5.41) is 12.1. The quantitative estimate of drug-likeness (QED) is 0.791. The van der Waals surface area contributed by atoms with Crippen LogP contribution in [0.4, 0.5) is 0 Å². The molecular weight excluding hydrogens is 240 g/mol. The summed E-state index contributed by atoms with van der Waals surface area (Å²) in [7, 11) is 0. The molecule has 1 amide bonds. The summed E-state index contributed by atoms with van der Waals surface area (Å²) < 4.78 is 0. The first-order valence-electron chi connectivity index (χ1n) is 5.45. The summed E-state index contributed by atoms with van der Waals surface area (Å²) in [6.45, 7) is 4.60. The molecule has 1 heterocycles. The molecule has 0 spiro atoms. The van der Waals surface area contributed by atoms with Crippen LogP contribution in [0, 0.1) is 5.41 Å². The van der Waals surface area contributed by atoms with E-state index in [0.29, 0.717) is 23.7 Å². The van der Waals surface area contributed by atoms with Gasteiger partial charge in [0.05, 0.1) is 5.56 Å². The number of aliphatic hydroxyl groups excluding tert-OH is 1. The maximum absolute atomic E-state index is 11.8. The highest BCUT2D eigenvalue weighted by Crippen LogP contribution is 2.18. The van der Waals surface area contributed by atoms with Crippen LogP contribution in [0.1, 0.15) is 30.6 Å². The van der Waals surface area contributed by atoms with Crippen molar-refractivity contribution in [2.75, 3.05) is 13.2 Å². The first kappa shape index (κ1) is 13.9. The molecular formula is C12H17ClN2O2. The SMILES string of the molecule is CC(C)(CCO)CNC(=O)c1ccc(Cl)nc1. The van der Waals surface area contributed by atoms with Gasteiger partial charge in [-0.1, -0.05) is 25.4 Å². The molecule has 0 fully saturated rings.